The number of hydrogen-bond acceptors (Lipinski definition) is 10. The van der Waals surface area contributed by atoms with Crippen molar-refractivity contribution in [3.05, 3.63) is 72.9 Å². The number of rotatable bonds is 60. The highest BCUT2D eigenvalue weighted by atomic mass is 16.7. The van der Waals surface area contributed by atoms with Gasteiger partial charge in [-0.3, -0.25) is 9.59 Å². The minimum atomic E-state index is -1.62. The van der Waals surface area contributed by atoms with Crippen LogP contribution < -0.4 is 5.32 Å². The van der Waals surface area contributed by atoms with Crippen molar-refractivity contribution >= 4 is 11.9 Å². The maximum atomic E-state index is 13.5. The molecule has 1 rings (SSSR count). The molecule has 8 unspecified atom stereocenters. The van der Waals surface area contributed by atoms with E-state index in [1.54, 1.807) is 6.08 Å². The van der Waals surface area contributed by atoms with Gasteiger partial charge in [0.05, 0.1) is 25.4 Å². The number of carbonyl (C=O) groups is 2. The Balaban J connectivity index is 2.60. The third kappa shape index (κ3) is 47.2. The van der Waals surface area contributed by atoms with E-state index in [0.717, 1.165) is 109 Å². The third-order valence-corrected chi connectivity index (χ3v) is 16.4. The zero-order valence-corrected chi connectivity index (χ0v) is 54.3. The van der Waals surface area contributed by atoms with Crippen molar-refractivity contribution in [2.45, 2.75) is 365 Å². The molecule has 11 heteroatoms. The Morgan fingerprint density at radius 3 is 1.29 bits per heavy atom. The zero-order valence-electron chi connectivity index (χ0n) is 54.3. The van der Waals surface area contributed by atoms with Crippen LogP contribution in [-0.2, 0) is 23.8 Å². The van der Waals surface area contributed by atoms with Gasteiger partial charge < -0.3 is 45.1 Å². The zero-order chi connectivity index (χ0) is 61.0. The second-order valence-corrected chi connectivity index (χ2v) is 24.2. The van der Waals surface area contributed by atoms with Crippen molar-refractivity contribution in [1.29, 1.82) is 0 Å². The van der Waals surface area contributed by atoms with Crippen molar-refractivity contribution in [2.75, 3.05) is 13.2 Å². The molecule has 1 aliphatic heterocycles. The van der Waals surface area contributed by atoms with Crippen molar-refractivity contribution < 1.29 is 49.3 Å². The van der Waals surface area contributed by atoms with Gasteiger partial charge in [0.1, 0.15) is 24.4 Å². The minimum absolute atomic E-state index is 0.124. The molecular weight excluding hydrogens is 1050 g/mol. The Morgan fingerprint density at radius 1 is 0.476 bits per heavy atom. The third-order valence-electron chi connectivity index (χ3n) is 16.4. The van der Waals surface area contributed by atoms with Crippen LogP contribution in [0.2, 0.25) is 0 Å². The first-order valence-corrected chi connectivity index (χ1v) is 35.2. The van der Waals surface area contributed by atoms with Crippen LogP contribution >= 0.6 is 0 Å². The second kappa shape index (κ2) is 60.4. The summed E-state index contributed by atoms with van der Waals surface area (Å²) < 4.78 is 17.7. The molecule has 0 bridgehead atoms. The quantitative estimate of drug-likeness (QED) is 0.0195. The highest BCUT2D eigenvalue weighted by molar-refractivity contribution is 5.80. The lowest BCUT2D eigenvalue weighted by atomic mass is 9.99. The van der Waals surface area contributed by atoms with Crippen LogP contribution in [0.25, 0.3) is 0 Å². The van der Waals surface area contributed by atoms with Gasteiger partial charge in [0.2, 0.25) is 5.91 Å². The summed E-state index contributed by atoms with van der Waals surface area (Å²) in [6, 6.07) is -1.03. The number of carbonyl (C=O) groups excluding carboxylic acids is 2. The number of hydrogen-bond donors (Lipinski definition) is 6. The molecule has 0 saturated carbocycles. The van der Waals surface area contributed by atoms with E-state index in [2.05, 4.69) is 86.8 Å². The standard InChI is InChI=1S/C73H131NO10/c1-4-7-10-13-16-19-22-25-27-29-31-33-35-36-38-40-42-45-48-51-54-57-60-66(77)72(81)74-64(65(76)59-56-53-50-47-44-24-21-18-15-12-9-6-3)63-82-73-71(70(80)69(79)67(62-75)83-73)84-68(78)61-58-55-52-49-46-43-41-39-37-34-32-30-28-26-23-20-17-14-11-8-5-2/h7,10,16,19,25,27,31,33,36,38,56,59,64-67,69-71,73,75-77,79-80H,4-6,8-9,11-15,17-18,20-24,26,28-30,32,34-35,37,39-55,57-58,60-63H2,1-3H3,(H,74,81)/b10-7-,19-16-,27-25-,33-31-,38-36-,59-56+. The summed E-state index contributed by atoms with van der Waals surface area (Å²) in [5.41, 5.74) is 0. The van der Waals surface area contributed by atoms with Gasteiger partial charge >= 0.3 is 5.97 Å². The fraction of sp³-hybridized carbons (Fsp3) is 0.808. The molecule has 0 radical (unpaired) electrons. The van der Waals surface area contributed by atoms with Gasteiger partial charge in [-0.05, 0) is 70.6 Å². The number of esters is 1. The van der Waals surface area contributed by atoms with Crippen molar-refractivity contribution in [2.24, 2.45) is 0 Å². The van der Waals surface area contributed by atoms with Crippen LogP contribution in [0, 0.1) is 0 Å². The Labute approximate surface area is 515 Å². The molecule has 1 amide bonds. The fourth-order valence-electron chi connectivity index (χ4n) is 10.9. The SMILES string of the molecule is CC/C=C\C/C=C\C/C=C\C/C=C\C/C=C\CCCCCCCCC(O)C(=O)NC(COC1OC(CO)C(O)C(O)C1OC(=O)CCCCCCCCCCCCCCCCCCCCCCC)C(O)/C=C/CCCCCCCCCCCC. The number of allylic oxidation sites excluding steroid dienone is 11. The van der Waals surface area contributed by atoms with E-state index in [1.807, 2.05) is 6.08 Å². The molecule has 1 aliphatic rings. The Kier molecular flexibility index (Phi) is 56.9. The first kappa shape index (κ1) is 79.1. The van der Waals surface area contributed by atoms with Crippen LogP contribution in [0.1, 0.15) is 316 Å². The summed E-state index contributed by atoms with van der Waals surface area (Å²) in [6.07, 6.45) is 68.0. The van der Waals surface area contributed by atoms with Gasteiger partial charge in [-0.1, -0.05) is 312 Å². The molecule has 0 aromatic rings. The average molecular weight is 1180 g/mol. The van der Waals surface area contributed by atoms with Crippen LogP contribution in [-0.4, -0.2) is 99.6 Å². The normalized spacial score (nSPS) is 18.9. The smallest absolute Gasteiger partial charge is 0.306 e. The van der Waals surface area contributed by atoms with Gasteiger partial charge in [0, 0.05) is 6.42 Å². The van der Waals surface area contributed by atoms with Gasteiger partial charge in [0.15, 0.2) is 12.4 Å². The van der Waals surface area contributed by atoms with E-state index in [1.165, 1.54) is 161 Å². The molecule has 8 atom stereocenters. The summed E-state index contributed by atoms with van der Waals surface area (Å²) in [7, 11) is 0. The molecule has 1 fully saturated rings. The molecule has 1 saturated heterocycles. The fourth-order valence-corrected chi connectivity index (χ4v) is 10.9. The summed E-state index contributed by atoms with van der Waals surface area (Å²) >= 11 is 0. The summed E-state index contributed by atoms with van der Waals surface area (Å²) in [5, 5.41) is 57.2. The van der Waals surface area contributed by atoms with Gasteiger partial charge in [-0.15, -0.1) is 0 Å². The topological polar surface area (TPSA) is 175 Å². The summed E-state index contributed by atoms with van der Waals surface area (Å²) in [6.45, 7) is 5.71. The Hall–Kier alpha value is -2.90. The van der Waals surface area contributed by atoms with E-state index in [4.69, 9.17) is 14.2 Å². The first-order valence-electron chi connectivity index (χ1n) is 35.2. The number of ether oxygens (including phenoxy) is 3. The number of nitrogens with one attached hydrogen (secondary N) is 1. The number of aliphatic hydroxyl groups excluding tert-OH is 5. The van der Waals surface area contributed by atoms with Crippen LogP contribution in [0.3, 0.4) is 0 Å². The molecular formula is C73H131NO10. The lowest BCUT2D eigenvalue weighted by Crippen LogP contribution is -2.61. The minimum Gasteiger partial charge on any atom is -0.454 e. The van der Waals surface area contributed by atoms with Gasteiger partial charge in [-0.25, -0.2) is 0 Å². The molecule has 6 N–H and O–H groups in total. The lowest BCUT2D eigenvalue weighted by Gasteiger charge is -2.41. The largest absolute Gasteiger partial charge is 0.454 e. The molecule has 0 aromatic heterocycles. The number of amides is 1. The van der Waals surface area contributed by atoms with Crippen molar-refractivity contribution in [1.82, 2.24) is 5.32 Å². The van der Waals surface area contributed by atoms with Crippen molar-refractivity contribution in [3.8, 4) is 0 Å². The predicted molar refractivity (Wildman–Crippen MR) is 352 cm³/mol. The molecule has 488 valence electrons. The monoisotopic (exact) mass is 1180 g/mol. The molecule has 0 aromatic carbocycles. The van der Waals surface area contributed by atoms with E-state index < -0.39 is 67.4 Å². The van der Waals surface area contributed by atoms with Crippen LogP contribution in [0.4, 0.5) is 0 Å². The van der Waals surface area contributed by atoms with Gasteiger partial charge in [0.25, 0.3) is 0 Å². The lowest BCUT2D eigenvalue weighted by molar-refractivity contribution is -0.305. The van der Waals surface area contributed by atoms with Gasteiger partial charge in [-0.2, -0.15) is 0 Å². The van der Waals surface area contributed by atoms with Crippen LogP contribution in [0.5, 0.6) is 0 Å². The van der Waals surface area contributed by atoms with E-state index >= 15 is 0 Å². The molecule has 84 heavy (non-hydrogen) atoms. The summed E-state index contributed by atoms with van der Waals surface area (Å²) in [5.74, 6) is -1.20. The van der Waals surface area contributed by atoms with E-state index in [-0.39, 0.29) is 19.4 Å². The summed E-state index contributed by atoms with van der Waals surface area (Å²) in [4.78, 5) is 26.7. The second-order valence-electron chi connectivity index (χ2n) is 24.2. The number of aliphatic hydroxyl groups is 5. The maximum Gasteiger partial charge on any atom is 0.306 e. The van der Waals surface area contributed by atoms with E-state index in [0.29, 0.717) is 12.8 Å². The Bertz CT molecular complexity index is 1640. The molecule has 11 nitrogen and oxygen atoms in total. The number of unbranched alkanes of at least 4 members (excludes halogenated alkanes) is 36. The highest BCUT2D eigenvalue weighted by Gasteiger charge is 2.47. The highest BCUT2D eigenvalue weighted by Crippen LogP contribution is 2.26. The van der Waals surface area contributed by atoms with Crippen molar-refractivity contribution in [3.63, 3.8) is 0 Å². The average Bonchev–Trinajstić information content (AvgIpc) is 3.55. The van der Waals surface area contributed by atoms with E-state index in [9.17, 15) is 35.1 Å². The Morgan fingerprint density at radius 2 is 0.857 bits per heavy atom. The molecule has 0 spiro atoms. The predicted octanol–water partition coefficient (Wildman–Crippen LogP) is 17.9. The first-order chi connectivity index (χ1) is 41.2. The molecule has 0 aliphatic carbocycles. The van der Waals surface area contributed by atoms with Crippen LogP contribution in [0.15, 0.2) is 72.9 Å². The maximum absolute atomic E-state index is 13.5. The molecule has 1 heterocycles.